The maximum absolute atomic E-state index is 3.53. The quantitative estimate of drug-likeness (QED) is 0.148. The molecular formula is C28H33Br. The van der Waals surface area contributed by atoms with Crippen LogP contribution in [0.3, 0.4) is 0 Å². The zero-order valence-electron chi connectivity index (χ0n) is 17.4. The van der Waals surface area contributed by atoms with Crippen LogP contribution in [0.5, 0.6) is 0 Å². The van der Waals surface area contributed by atoms with Gasteiger partial charge < -0.3 is 0 Å². The van der Waals surface area contributed by atoms with E-state index in [1.54, 1.807) is 0 Å². The zero-order chi connectivity index (χ0) is 20.2. The van der Waals surface area contributed by atoms with Crippen molar-refractivity contribution in [3.8, 4) is 0 Å². The molecule has 0 fully saturated rings. The predicted molar refractivity (Wildman–Crippen MR) is 130 cm³/mol. The van der Waals surface area contributed by atoms with Gasteiger partial charge in [-0.15, -0.1) is 0 Å². The van der Waals surface area contributed by atoms with Crippen molar-refractivity contribution in [2.75, 3.05) is 5.33 Å². The second-order valence-electron chi connectivity index (χ2n) is 7.92. The Bertz CT molecular complexity index is 699. The molecule has 0 atom stereocenters. The van der Waals surface area contributed by atoms with Gasteiger partial charge in [0.2, 0.25) is 0 Å². The largest absolute Gasteiger partial charge is 0.0928 e. The lowest BCUT2D eigenvalue weighted by Crippen LogP contribution is -2.29. The van der Waals surface area contributed by atoms with Crippen LogP contribution < -0.4 is 0 Å². The summed E-state index contributed by atoms with van der Waals surface area (Å²) in [5, 5.41) is 1.14. The van der Waals surface area contributed by atoms with Gasteiger partial charge in [-0.25, -0.2) is 0 Å². The molecule has 0 nitrogen and oxygen atoms in total. The molecule has 3 aromatic rings. The Kier molecular flexibility index (Phi) is 9.02. The molecule has 0 bridgehead atoms. The first kappa shape index (κ1) is 21.8. The Hall–Kier alpha value is -1.86. The smallest absolute Gasteiger partial charge is 0.0451 e. The first-order chi connectivity index (χ1) is 14.4. The van der Waals surface area contributed by atoms with E-state index >= 15 is 0 Å². The number of rotatable bonds is 12. The van der Waals surface area contributed by atoms with Crippen molar-refractivity contribution in [3.05, 3.63) is 108 Å². The first-order valence-corrected chi connectivity index (χ1v) is 12.2. The zero-order valence-corrected chi connectivity index (χ0v) is 19.0. The molecule has 0 radical (unpaired) electrons. The average Bonchev–Trinajstić information content (AvgIpc) is 2.80. The molecule has 29 heavy (non-hydrogen) atoms. The van der Waals surface area contributed by atoms with Gasteiger partial charge in [0.1, 0.15) is 0 Å². The van der Waals surface area contributed by atoms with Crippen molar-refractivity contribution in [1.82, 2.24) is 0 Å². The molecule has 0 amide bonds. The van der Waals surface area contributed by atoms with E-state index in [0.717, 1.165) is 11.8 Å². The minimum absolute atomic E-state index is 0.0836. The molecule has 0 aliphatic heterocycles. The predicted octanol–water partition coefficient (Wildman–Crippen LogP) is 8.54. The molecular weight excluding hydrogens is 416 g/mol. The van der Waals surface area contributed by atoms with Gasteiger partial charge in [0, 0.05) is 10.7 Å². The van der Waals surface area contributed by atoms with Crippen LogP contribution in [0, 0.1) is 0 Å². The Morgan fingerprint density at radius 3 is 1.17 bits per heavy atom. The fraction of sp³-hybridized carbons (Fsp3) is 0.357. The van der Waals surface area contributed by atoms with E-state index < -0.39 is 0 Å². The van der Waals surface area contributed by atoms with Gasteiger partial charge in [0.05, 0.1) is 0 Å². The molecule has 0 aromatic heterocycles. The van der Waals surface area contributed by atoms with Gasteiger partial charge in [0.25, 0.3) is 0 Å². The lowest BCUT2D eigenvalue weighted by Gasteiger charge is -2.36. The van der Waals surface area contributed by atoms with E-state index in [1.165, 1.54) is 61.6 Å². The third-order valence-electron chi connectivity index (χ3n) is 5.99. The molecule has 0 saturated heterocycles. The van der Waals surface area contributed by atoms with E-state index in [-0.39, 0.29) is 5.41 Å². The standard InChI is InChI=1S/C28H33Br/c29-24-16-5-3-1-2-4-15-23-28(25-17-9-6-10-18-25,26-19-11-7-12-20-26)27-21-13-8-14-22-27/h6-14,17-22H,1-5,15-16,23-24H2. The molecule has 0 saturated carbocycles. The summed E-state index contributed by atoms with van der Waals surface area (Å²) in [5.74, 6) is 0. The minimum atomic E-state index is -0.0836. The number of alkyl halides is 1. The molecule has 0 spiro atoms. The number of unbranched alkanes of at least 4 members (excludes halogenated alkanes) is 6. The van der Waals surface area contributed by atoms with Gasteiger partial charge in [0.15, 0.2) is 0 Å². The van der Waals surface area contributed by atoms with Crippen LogP contribution in [0.1, 0.15) is 68.1 Å². The van der Waals surface area contributed by atoms with Crippen molar-refractivity contribution in [3.63, 3.8) is 0 Å². The molecule has 1 heteroatoms. The number of hydrogen-bond acceptors (Lipinski definition) is 0. The van der Waals surface area contributed by atoms with Crippen molar-refractivity contribution >= 4 is 15.9 Å². The Morgan fingerprint density at radius 2 is 0.793 bits per heavy atom. The average molecular weight is 449 g/mol. The highest BCUT2D eigenvalue weighted by Crippen LogP contribution is 2.43. The van der Waals surface area contributed by atoms with Gasteiger partial charge >= 0.3 is 0 Å². The third-order valence-corrected chi connectivity index (χ3v) is 6.55. The molecule has 0 N–H and O–H groups in total. The third kappa shape index (κ3) is 5.82. The monoisotopic (exact) mass is 448 g/mol. The second kappa shape index (κ2) is 12.0. The maximum Gasteiger partial charge on any atom is 0.0451 e. The lowest BCUT2D eigenvalue weighted by molar-refractivity contribution is 0.497. The summed E-state index contributed by atoms with van der Waals surface area (Å²) in [7, 11) is 0. The highest BCUT2D eigenvalue weighted by molar-refractivity contribution is 9.09. The summed E-state index contributed by atoms with van der Waals surface area (Å²) >= 11 is 3.53. The topological polar surface area (TPSA) is 0 Å². The van der Waals surface area contributed by atoms with Crippen LogP contribution >= 0.6 is 15.9 Å². The van der Waals surface area contributed by atoms with Crippen LogP contribution in [-0.2, 0) is 5.41 Å². The molecule has 152 valence electrons. The Balaban J connectivity index is 1.83. The highest BCUT2D eigenvalue weighted by atomic mass is 79.9. The van der Waals surface area contributed by atoms with Crippen molar-refractivity contribution < 1.29 is 0 Å². The van der Waals surface area contributed by atoms with Gasteiger partial charge in [-0.2, -0.15) is 0 Å². The van der Waals surface area contributed by atoms with Gasteiger partial charge in [-0.3, -0.25) is 0 Å². The molecule has 3 rings (SSSR count). The summed E-state index contributed by atoms with van der Waals surface area (Å²) in [4.78, 5) is 0. The van der Waals surface area contributed by atoms with E-state index in [0.29, 0.717) is 0 Å². The van der Waals surface area contributed by atoms with Gasteiger partial charge in [-0.05, 0) is 29.5 Å². The number of benzene rings is 3. The minimum Gasteiger partial charge on any atom is -0.0928 e. The highest BCUT2D eigenvalue weighted by Gasteiger charge is 2.35. The first-order valence-electron chi connectivity index (χ1n) is 11.1. The van der Waals surface area contributed by atoms with Crippen LogP contribution in [0.4, 0.5) is 0 Å². The number of hydrogen-bond donors (Lipinski definition) is 0. The van der Waals surface area contributed by atoms with Gasteiger partial charge in [-0.1, -0.05) is 145 Å². The summed E-state index contributed by atoms with van der Waals surface area (Å²) in [6, 6.07) is 33.3. The van der Waals surface area contributed by atoms with E-state index in [2.05, 4.69) is 107 Å². The van der Waals surface area contributed by atoms with Crippen LogP contribution in [-0.4, -0.2) is 5.33 Å². The summed E-state index contributed by atoms with van der Waals surface area (Å²) in [5.41, 5.74) is 4.11. The normalized spacial score (nSPS) is 11.5. The Labute approximate surface area is 185 Å². The van der Waals surface area contributed by atoms with Crippen molar-refractivity contribution in [1.29, 1.82) is 0 Å². The summed E-state index contributed by atoms with van der Waals surface area (Å²) in [6.07, 6.45) is 10.4. The fourth-order valence-corrected chi connectivity index (χ4v) is 4.87. The van der Waals surface area contributed by atoms with E-state index in [4.69, 9.17) is 0 Å². The van der Waals surface area contributed by atoms with Crippen LogP contribution in [0.25, 0.3) is 0 Å². The summed E-state index contributed by atoms with van der Waals surface area (Å²) in [6.45, 7) is 0. The molecule has 3 aromatic carbocycles. The molecule has 0 aliphatic rings. The fourth-order valence-electron chi connectivity index (χ4n) is 4.47. The Morgan fingerprint density at radius 1 is 0.448 bits per heavy atom. The van der Waals surface area contributed by atoms with Crippen LogP contribution in [0.15, 0.2) is 91.0 Å². The maximum atomic E-state index is 3.53. The molecule has 0 aliphatic carbocycles. The van der Waals surface area contributed by atoms with E-state index in [9.17, 15) is 0 Å². The SMILES string of the molecule is BrCCCCCCCCCC(c1ccccc1)(c1ccccc1)c1ccccc1. The number of halogens is 1. The van der Waals surface area contributed by atoms with Crippen molar-refractivity contribution in [2.45, 2.75) is 56.8 Å². The molecule has 0 unspecified atom stereocenters. The second-order valence-corrected chi connectivity index (χ2v) is 8.71. The van der Waals surface area contributed by atoms with E-state index in [1.807, 2.05) is 0 Å². The summed E-state index contributed by atoms with van der Waals surface area (Å²) < 4.78 is 0. The lowest BCUT2D eigenvalue weighted by atomic mass is 9.66. The van der Waals surface area contributed by atoms with Crippen LogP contribution in [0.2, 0.25) is 0 Å². The molecule has 0 heterocycles. The van der Waals surface area contributed by atoms with Crippen molar-refractivity contribution in [2.24, 2.45) is 0 Å².